The van der Waals surface area contributed by atoms with E-state index in [2.05, 4.69) is 10.6 Å². The lowest BCUT2D eigenvalue weighted by Gasteiger charge is -2.10. The standard InChI is InChI=1S/C19H19F3N2O3/c1-2-27-18(26)13-3-7-15(8-4-13)23-12-11-17(25)24-16-9-5-14(6-10-16)19(20,21)22/h3-10,23H,2,11-12H2,1H3,(H,24,25). The predicted molar refractivity (Wildman–Crippen MR) is 95.6 cm³/mol. The molecule has 0 radical (unpaired) electrons. The molecular formula is C19H19F3N2O3. The van der Waals surface area contributed by atoms with Crippen molar-refractivity contribution in [3.63, 3.8) is 0 Å². The Morgan fingerprint density at radius 1 is 0.963 bits per heavy atom. The Bertz CT molecular complexity index is 772. The molecule has 0 fully saturated rings. The molecule has 0 aromatic heterocycles. The van der Waals surface area contributed by atoms with E-state index in [1.165, 1.54) is 12.1 Å². The summed E-state index contributed by atoms with van der Waals surface area (Å²) in [6.45, 7) is 2.35. The van der Waals surface area contributed by atoms with Gasteiger partial charge in [-0.05, 0) is 55.5 Å². The molecular weight excluding hydrogens is 361 g/mol. The fraction of sp³-hybridized carbons (Fsp3) is 0.263. The molecule has 5 nitrogen and oxygen atoms in total. The molecule has 0 heterocycles. The molecule has 0 aliphatic heterocycles. The molecule has 144 valence electrons. The normalized spacial score (nSPS) is 11.0. The van der Waals surface area contributed by atoms with Gasteiger partial charge in [-0.2, -0.15) is 13.2 Å². The highest BCUT2D eigenvalue weighted by Crippen LogP contribution is 2.29. The molecule has 0 saturated heterocycles. The van der Waals surface area contributed by atoms with Crippen LogP contribution in [0.4, 0.5) is 24.5 Å². The molecule has 8 heteroatoms. The van der Waals surface area contributed by atoms with Crippen LogP contribution in [0.1, 0.15) is 29.3 Å². The minimum Gasteiger partial charge on any atom is -0.462 e. The molecule has 2 aromatic rings. The zero-order valence-electron chi connectivity index (χ0n) is 14.6. The second-order valence-corrected chi connectivity index (χ2v) is 5.60. The van der Waals surface area contributed by atoms with E-state index in [0.717, 1.165) is 17.8 Å². The number of rotatable bonds is 7. The van der Waals surface area contributed by atoms with Gasteiger partial charge in [-0.1, -0.05) is 0 Å². The minimum atomic E-state index is -4.41. The van der Waals surface area contributed by atoms with E-state index in [9.17, 15) is 22.8 Å². The molecule has 0 aliphatic rings. The van der Waals surface area contributed by atoms with Crippen molar-refractivity contribution in [3.05, 3.63) is 59.7 Å². The Morgan fingerprint density at radius 3 is 2.11 bits per heavy atom. The number of benzene rings is 2. The van der Waals surface area contributed by atoms with Crippen LogP contribution < -0.4 is 10.6 Å². The number of carbonyl (C=O) groups excluding carboxylic acids is 2. The van der Waals surface area contributed by atoms with Crippen molar-refractivity contribution in [3.8, 4) is 0 Å². The first-order chi connectivity index (χ1) is 12.8. The van der Waals surface area contributed by atoms with Crippen LogP contribution in [-0.2, 0) is 15.7 Å². The van der Waals surface area contributed by atoms with Gasteiger partial charge in [0.05, 0.1) is 17.7 Å². The second kappa shape index (κ2) is 9.07. The van der Waals surface area contributed by atoms with Crippen LogP contribution in [0.2, 0.25) is 0 Å². The van der Waals surface area contributed by atoms with Crippen molar-refractivity contribution >= 4 is 23.3 Å². The third kappa shape index (κ3) is 6.32. The third-order valence-corrected chi connectivity index (χ3v) is 3.57. The lowest BCUT2D eigenvalue weighted by Crippen LogP contribution is -2.16. The second-order valence-electron chi connectivity index (χ2n) is 5.60. The molecule has 0 unspecified atom stereocenters. The van der Waals surface area contributed by atoms with Crippen LogP contribution >= 0.6 is 0 Å². The number of hydrogen-bond acceptors (Lipinski definition) is 4. The molecule has 27 heavy (non-hydrogen) atoms. The van der Waals surface area contributed by atoms with E-state index in [1.807, 2.05) is 0 Å². The largest absolute Gasteiger partial charge is 0.462 e. The van der Waals surface area contributed by atoms with Crippen molar-refractivity contribution in [2.24, 2.45) is 0 Å². The highest BCUT2D eigenvalue weighted by molar-refractivity contribution is 5.91. The number of anilines is 2. The molecule has 2 N–H and O–H groups in total. The summed E-state index contributed by atoms with van der Waals surface area (Å²) in [5.41, 5.74) is 0.688. The summed E-state index contributed by atoms with van der Waals surface area (Å²) in [4.78, 5) is 23.4. The molecule has 0 spiro atoms. The fourth-order valence-electron chi connectivity index (χ4n) is 2.22. The number of carbonyl (C=O) groups is 2. The van der Waals surface area contributed by atoms with Crippen molar-refractivity contribution in [2.45, 2.75) is 19.5 Å². The zero-order valence-corrected chi connectivity index (χ0v) is 14.6. The Balaban J connectivity index is 1.78. The number of esters is 1. The summed E-state index contributed by atoms with van der Waals surface area (Å²) in [5.74, 6) is -0.731. The molecule has 0 atom stereocenters. The monoisotopic (exact) mass is 380 g/mol. The summed E-state index contributed by atoms with van der Waals surface area (Å²) >= 11 is 0. The van der Waals surface area contributed by atoms with Gasteiger partial charge in [-0.3, -0.25) is 4.79 Å². The van der Waals surface area contributed by atoms with E-state index in [1.54, 1.807) is 31.2 Å². The smallest absolute Gasteiger partial charge is 0.416 e. The third-order valence-electron chi connectivity index (χ3n) is 3.57. The van der Waals surface area contributed by atoms with E-state index >= 15 is 0 Å². The van der Waals surface area contributed by atoms with E-state index in [4.69, 9.17) is 4.74 Å². The molecule has 0 saturated carbocycles. The van der Waals surface area contributed by atoms with E-state index in [-0.39, 0.29) is 12.3 Å². The molecule has 1 amide bonds. The Kier molecular flexibility index (Phi) is 6.81. The first-order valence-electron chi connectivity index (χ1n) is 8.27. The number of amides is 1. The summed E-state index contributed by atoms with van der Waals surface area (Å²) in [5, 5.41) is 5.56. The van der Waals surface area contributed by atoms with Gasteiger partial charge in [0.1, 0.15) is 0 Å². The molecule has 2 aromatic carbocycles. The van der Waals surface area contributed by atoms with Crippen molar-refractivity contribution in [1.29, 1.82) is 0 Å². The van der Waals surface area contributed by atoms with E-state index < -0.39 is 17.7 Å². The lowest BCUT2D eigenvalue weighted by atomic mass is 10.2. The number of hydrogen-bond donors (Lipinski definition) is 2. The van der Waals surface area contributed by atoms with E-state index in [0.29, 0.717) is 24.4 Å². The van der Waals surface area contributed by atoms with Crippen LogP contribution in [-0.4, -0.2) is 25.0 Å². The van der Waals surface area contributed by atoms with Gasteiger partial charge < -0.3 is 15.4 Å². The van der Waals surface area contributed by atoms with Crippen LogP contribution in [0.3, 0.4) is 0 Å². The first-order valence-corrected chi connectivity index (χ1v) is 8.27. The van der Waals surface area contributed by atoms with Gasteiger partial charge in [0.2, 0.25) is 5.91 Å². The SMILES string of the molecule is CCOC(=O)c1ccc(NCCC(=O)Nc2ccc(C(F)(F)F)cc2)cc1. The van der Waals surface area contributed by atoms with Crippen LogP contribution in [0, 0.1) is 0 Å². The van der Waals surface area contributed by atoms with Gasteiger partial charge in [-0.25, -0.2) is 4.79 Å². The van der Waals surface area contributed by atoms with Gasteiger partial charge in [-0.15, -0.1) is 0 Å². The minimum absolute atomic E-state index is 0.126. The fourth-order valence-corrected chi connectivity index (χ4v) is 2.22. The number of halogens is 3. The van der Waals surface area contributed by atoms with Crippen LogP contribution in [0.5, 0.6) is 0 Å². The Labute approximate surface area is 154 Å². The van der Waals surface area contributed by atoms with Crippen molar-refractivity contribution < 1.29 is 27.5 Å². The maximum atomic E-state index is 12.5. The van der Waals surface area contributed by atoms with Crippen molar-refractivity contribution in [2.75, 3.05) is 23.8 Å². The lowest BCUT2D eigenvalue weighted by molar-refractivity contribution is -0.137. The highest BCUT2D eigenvalue weighted by atomic mass is 19.4. The summed E-state index contributed by atoms with van der Waals surface area (Å²) in [7, 11) is 0. The topological polar surface area (TPSA) is 67.4 Å². The number of ether oxygens (including phenoxy) is 1. The average Bonchev–Trinajstić information content (AvgIpc) is 2.62. The van der Waals surface area contributed by atoms with Crippen LogP contribution in [0.25, 0.3) is 0 Å². The van der Waals surface area contributed by atoms with Gasteiger partial charge in [0, 0.05) is 24.3 Å². The summed E-state index contributed by atoms with van der Waals surface area (Å²) < 4.78 is 42.4. The first kappa shape index (κ1) is 20.3. The zero-order chi connectivity index (χ0) is 19.9. The molecule has 0 aliphatic carbocycles. The quantitative estimate of drug-likeness (QED) is 0.702. The number of alkyl halides is 3. The maximum absolute atomic E-state index is 12.5. The van der Waals surface area contributed by atoms with Gasteiger partial charge in [0.25, 0.3) is 0 Å². The van der Waals surface area contributed by atoms with Gasteiger partial charge in [0.15, 0.2) is 0 Å². The molecule has 0 bridgehead atoms. The Hall–Kier alpha value is -3.03. The van der Waals surface area contributed by atoms with Crippen molar-refractivity contribution in [1.82, 2.24) is 0 Å². The Morgan fingerprint density at radius 2 is 1.56 bits per heavy atom. The van der Waals surface area contributed by atoms with Crippen LogP contribution in [0.15, 0.2) is 48.5 Å². The summed E-state index contributed by atoms with van der Waals surface area (Å²) in [6, 6.07) is 10.9. The van der Waals surface area contributed by atoms with Gasteiger partial charge >= 0.3 is 12.1 Å². The molecule has 2 rings (SSSR count). The maximum Gasteiger partial charge on any atom is 0.416 e. The summed E-state index contributed by atoms with van der Waals surface area (Å²) in [6.07, 6.45) is -4.28. The highest BCUT2D eigenvalue weighted by Gasteiger charge is 2.29. The number of nitrogens with one attached hydrogen (secondary N) is 2. The predicted octanol–water partition coefficient (Wildman–Crippen LogP) is 4.32. The average molecular weight is 380 g/mol.